The fourth-order valence-corrected chi connectivity index (χ4v) is 2.62. The van der Waals surface area contributed by atoms with Crippen molar-refractivity contribution in [1.82, 2.24) is 10.2 Å². The van der Waals surface area contributed by atoms with E-state index in [0.29, 0.717) is 0 Å². The van der Waals surface area contributed by atoms with Crippen LogP contribution in [0.2, 0.25) is 0 Å². The number of hydrogen-bond donors (Lipinski definition) is 1. The molecule has 1 heterocycles. The predicted molar refractivity (Wildman–Crippen MR) is 79.7 cm³/mol. The summed E-state index contributed by atoms with van der Waals surface area (Å²) in [5.41, 5.74) is 0. The van der Waals surface area contributed by atoms with E-state index < -0.39 is 11.6 Å². The van der Waals surface area contributed by atoms with Crippen LogP contribution in [0.1, 0.15) is 26.2 Å². The zero-order valence-electron chi connectivity index (χ0n) is 12.8. The minimum atomic E-state index is -0.805. The van der Waals surface area contributed by atoms with Gasteiger partial charge >= 0.3 is 0 Å². The van der Waals surface area contributed by atoms with Gasteiger partial charge in [-0.25, -0.2) is 8.78 Å². The maximum Gasteiger partial charge on any atom is 0.258 e. The van der Waals surface area contributed by atoms with Crippen LogP contribution < -0.4 is 10.1 Å². The van der Waals surface area contributed by atoms with Gasteiger partial charge in [-0.1, -0.05) is 6.92 Å². The molecule has 4 nitrogen and oxygen atoms in total. The molecule has 0 saturated carbocycles. The molecule has 0 aromatic heterocycles. The maximum absolute atomic E-state index is 13.4. The second-order valence-electron chi connectivity index (χ2n) is 5.55. The Bertz CT molecular complexity index is 503. The molecule has 1 aromatic carbocycles. The number of carbonyl (C=O) groups excluding carboxylic acids is 1. The lowest BCUT2D eigenvalue weighted by Gasteiger charge is -2.32. The SMILES string of the molecule is CCCN1CCC(NC(=O)COc2ccc(F)cc2F)CC1. The number of hydrogen-bond acceptors (Lipinski definition) is 3. The summed E-state index contributed by atoms with van der Waals surface area (Å²) in [6.45, 7) is 4.93. The number of ether oxygens (including phenoxy) is 1. The van der Waals surface area contributed by atoms with Crippen molar-refractivity contribution >= 4 is 5.91 Å². The van der Waals surface area contributed by atoms with Gasteiger partial charge in [0, 0.05) is 25.2 Å². The molecule has 1 fully saturated rings. The van der Waals surface area contributed by atoms with E-state index in [-0.39, 0.29) is 24.3 Å². The highest BCUT2D eigenvalue weighted by atomic mass is 19.1. The van der Waals surface area contributed by atoms with Gasteiger partial charge in [0.05, 0.1) is 0 Å². The quantitative estimate of drug-likeness (QED) is 0.876. The molecule has 0 spiro atoms. The van der Waals surface area contributed by atoms with Gasteiger partial charge in [-0.3, -0.25) is 4.79 Å². The molecule has 0 aliphatic carbocycles. The average molecular weight is 312 g/mol. The van der Waals surface area contributed by atoms with Crippen LogP contribution in [0.25, 0.3) is 0 Å². The molecule has 1 aliphatic heterocycles. The van der Waals surface area contributed by atoms with Crippen LogP contribution in [0.5, 0.6) is 5.75 Å². The summed E-state index contributed by atoms with van der Waals surface area (Å²) in [4.78, 5) is 14.2. The van der Waals surface area contributed by atoms with Gasteiger partial charge in [0.25, 0.3) is 5.91 Å². The third kappa shape index (κ3) is 4.94. The number of rotatable bonds is 6. The van der Waals surface area contributed by atoms with E-state index in [0.717, 1.165) is 51.0 Å². The molecule has 1 aromatic rings. The molecule has 2 rings (SSSR count). The molecule has 1 amide bonds. The second-order valence-corrected chi connectivity index (χ2v) is 5.55. The van der Waals surface area contributed by atoms with Crippen LogP contribution in [0, 0.1) is 11.6 Å². The largest absolute Gasteiger partial charge is 0.481 e. The van der Waals surface area contributed by atoms with Crippen LogP contribution >= 0.6 is 0 Å². The Kier molecular flexibility index (Phi) is 6.12. The van der Waals surface area contributed by atoms with Crippen molar-refractivity contribution in [2.24, 2.45) is 0 Å². The monoisotopic (exact) mass is 312 g/mol. The zero-order chi connectivity index (χ0) is 15.9. The van der Waals surface area contributed by atoms with Gasteiger partial charge in [-0.15, -0.1) is 0 Å². The number of halogens is 2. The highest BCUT2D eigenvalue weighted by Gasteiger charge is 2.20. The number of benzene rings is 1. The zero-order valence-corrected chi connectivity index (χ0v) is 12.8. The van der Waals surface area contributed by atoms with Crippen LogP contribution in [0.15, 0.2) is 18.2 Å². The minimum absolute atomic E-state index is 0.116. The van der Waals surface area contributed by atoms with Crippen molar-refractivity contribution in [2.75, 3.05) is 26.2 Å². The summed E-state index contributed by atoms with van der Waals surface area (Å²) in [6.07, 6.45) is 2.96. The maximum atomic E-state index is 13.4. The van der Waals surface area contributed by atoms with Gasteiger partial charge in [-0.2, -0.15) is 0 Å². The van der Waals surface area contributed by atoms with Crippen molar-refractivity contribution in [1.29, 1.82) is 0 Å². The lowest BCUT2D eigenvalue weighted by atomic mass is 10.0. The number of carbonyl (C=O) groups is 1. The molecule has 0 atom stereocenters. The smallest absolute Gasteiger partial charge is 0.258 e. The molecule has 0 bridgehead atoms. The molecule has 22 heavy (non-hydrogen) atoms. The molecule has 0 radical (unpaired) electrons. The van der Waals surface area contributed by atoms with Crippen molar-refractivity contribution in [2.45, 2.75) is 32.2 Å². The highest BCUT2D eigenvalue weighted by molar-refractivity contribution is 5.77. The van der Waals surface area contributed by atoms with Gasteiger partial charge in [-0.05, 0) is 37.9 Å². The van der Waals surface area contributed by atoms with Gasteiger partial charge in [0.2, 0.25) is 0 Å². The van der Waals surface area contributed by atoms with E-state index in [9.17, 15) is 13.6 Å². The highest BCUT2D eigenvalue weighted by Crippen LogP contribution is 2.17. The standard InChI is InChI=1S/C16H22F2N2O2/c1-2-7-20-8-5-13(6-9-20)19-16(21)11-22-15-4-3-12(17)10-14(15)18/h3-4,10,13H,2,5-9,11H2,1H3,(H,19,21). The third-order valence-electron chi connectivity index (χ3n) is 3.75. The fourth-order valence-electron chi connectivity index (χ4n) is 2.62. The van der Waals surface area contributed by atoms with E-state index in [2.05, 4.69) is 17.1 Å². The molecule has 1 N–H and O–H groups in total. The normalized spacial score (nSPS) is 16.5. The number of nitrogens with one attached hydrogen (secondary N) is 1. The number of likely N-dealkylation sites (tertiary alicyclic amines) is 1. The first-order valence-electron chi connectivity index (χ1n) is 7.68. The Labute approximate surface area is 129 Å². The first kappa shape index (κ1) is 16.7. The third-order valence-corrected chi connectivity index (χ3v) is 3.75. The van der Waals surface area contributed by atoms with Crippen LogP contribution in [0.3, 0.4) is 0 Å². The van der Waals surface area contributed by atoms with Crippen molar-refractivity contribution in [3.05, 3.63) is 29.8 Å². The van der Waals surface area contributed by atoms with E-state index in [1.807, 2.05) is 0 Å². The summed E-state index contributed by atoms with van der Waals surface area (Å²) < 4.78 is 31.2. The van der Waals surface area contributed by atoms with Crippen molar-refractivity contribution in [3.63, 3.8) is 0 Å². The Hall–Kier alpha value is -1.69. The van der Waals surface area contributed by atoms with E-state index in [1.165, 1.54) is 6.07 Å². The number of amides is 1. The Morgan fingerprint density at radius 1 is 1.36 bits per heavy atom. The average Bonchev–Trinajstić information content (AvgIpc) is 2.49. The molecular weight excluding hydrogens is 290 g/mol. The molecule has 1 saturated heterocycles. The lowest BCUT2D eigenvalue weighted by molar-refractivity contribution is -0.124. The minimum Gasteiger partial charge on any atom is -0.481 e. The summed E-state index contributed by atoms with van der Waals surface area (Å²) in [6, 6.07) is 3.15. The molecule has 122 valence electrons. The Morgan fingerprint density at radius 3 is 2.73 bits per heavy atom. The molecule has 0 unspecified atom stereocenters. The molecule has 1 aliphatic rings. The Morgan fingerprint density at radius 2 is 2.09 bits per heavy atom. The first-order valence-corrected chi connectivity index (χ1v) is 7.68. The topological polar surface area (TPSA) is 41.6 Å². The summed E-state index contributed by atoms with van der Waals surface area (Å²) >= 11 is 0. The van der Waals surface area contributed by atoms with Gasteiger partial charge in [0.1, 0.15) is 5.82 Å². The summed E-state index contributed by atoms with van der Waals surface area (Å²) in [5, 5.41) is 2.90. The number of piperidine rings is 1. The first-order chi connectivity index (χ1) is 10.6. The second kappa shape index (κ2) is 8.08. The predicted octanol–water partition coefficient (Wildman–Crippen LogP) is 2.33. The summed E-state index contributed by atoms with van der Waals surface area (Å²) in [5.74, 6) is -1.87. The molecule has 6 heteroatoms. The van der Waals surface area contributed by atoms with Crippen LogP contribution in [0.4, 0.5) is 8.78 Å². The van der Waals surface area contributed by atoms with E-state index >= 15 is 0 Å². The van der Waals surface area contributed by atoms with Crippen LogP contribution in [-0.2, 0) is 4.79 Å². The van der Waals surface area contributed by atoms with Crippen molar-refractivity contribution in [3.8, 4) is 5.75 Å². The van der Waals surface area contributed by atoms with Gasteiger partial charge in [0.15, 0.2) is 18.2 Å². The van der Waals surface area contributed by atoms with E-state index in [4.69, 9.17) is 4.74 Å². The Balaban J connectivity index is 1.72. The molecular formula is C16H22F2N2O2. The lowest BCUT2D eigenvalue weighted by Crippen LogP contribution is -2.46. The fraction of sp³-hybridized carbons (Fsp3) is 0.562. The van der Waals surface area contributed by atoms with Crippen LogP contribution in [-0.4, -0.2) is 43.1 Å². The van der Waals surface area contributed by atoms with Crippen molar-refractivity contribution < 1.29 is 18.3 Å². The summed E-state index contributed by atoms with van der Waals surface area (Å²) in [7, 11) is 0. The number of nitrogens with zero attached hydrogens (tertiary/aromatic N) is 1. The van der Waals surface area contributed by atoms with E-state index in [1.54, 1.807) is 0 Å². The van der Waals surface area contributed by atoms with Gasteiger partial charge < -0.3 is 15.0 Å².